The van der Waals surface area contributed by atoms with Crippen molar-refractivity contribution >= 4 is 17.3 Å². The van der Waals surface area contributed by atoms with Crippen molar-refractivity contribution in [3.8, 4) is 5.75 Å². The van der Waals surface area contributed by atoms with Gasteiger partial charge < -0.3 is 10.2 Å². The van der Waals surface area contributed by atoms with Gasteiger partial charge in [-0.15, -0.1) is 0 Å². The van der Waals surface area contributed by atoms with Crippen LogP contribution >= 0.6 is 0 Å². The van der Waals surface area contributed by atoms with E-state index in [4.69, 9.17) is 5.11 Å². The van der Waals surface area contributed by atoms with Gasteiger partial charge in [-0.05, 0) is 36.4 Å². The number of hydrogen-bond donors (Lipinski definition) is 2. The maximum absolute atomic E-state index is 12.1. The molecule has 4 nitrogen and oxygen atoms in total. The Bertz CT molecular complexity index is 537. The number of rotatable bonds is 4. The highest BCUT2D eigenvalue weighted by Gasteiger charge is 2.16. The summed E-state index contributed by atoms with van der Waals surface area (Å²) in [6.45, 7) is -0.194. The number of aliphatic hydroxyl groups is 1. The molecule has 0 spiro atoms. The summed E-state index contributed by atoms with van der Waals surface area (Å²) in [5.41, 5.74) is 1.38. The van der Waals surface area contributed by atoms with Crippen molar-refractivity contribution in [2.75, 3.05) is 11.5 Å². The molecule has 0 atom stereocenters. The molecule has 2 N–H and O–H groups in total. The molecule has 2 aromatic rings. The van der Waals surface area contributed by atoms with Crippen LogP contribution in [0.3, 0.4) is 0 Å². The average molecular weight is 257 g/mol. The van der Waals surface area contributed by atoms with Crippen LogP contribution in [0, 0.1) is 0 Å². The van der Waals surface area contributed by atoms with Crippen LogP contribution in [0.1, 0.15) is 6.42 Å². The molecule has 0 bridgehead atoms. The van der Waals surface area contributed by atoms with Gasteiger partial charge in [0.1, 0.15) is 5.75 Å². The molecule has 98 valence electrons. The zero-order valence-electron chi connectivity index (χ0n) is 10.4. The first-order valence-corrected chi connectivity index (χ1v) is 6.00. The number of hydrogen-bond acceptors (Lipinski definition) is 3. The number of amides is 1. The fourth-order valence-electron chi connectivity index (χ4n) is 1.82. The molecule has 2 rings (SSSR count). The van der Waals surface area contributed by atoms with Crippen molar-refractivity contribution in [2.24, 2.45) is 0 Å². The molecular weight excluding hydrogens is 242 g/mol. The van der Waals surface area contributed by atoms with Crippen LogP contribution < -0.4 is 4.90 Å². The van der Waals surface area contributed by atoms with Gasteiger partial charge in [0, 0.05) is 11.4 Å². The second-order valence-corrected chi connectivity index (χ2v) is 4.05. The average Bonchev–Trinajstić information content (AvgIpc) is 2.43. The minimum absolute atomic E-state index is 0.0514. The Morgan fingerprint density at radius 2 is 1.53 bits per heavy atom. The summed E-state index contributed by atoms with van der Waals surface area (Å²) >= 11 is 0. The lowest BCUT2D eigenvalue weighted by molar-refractivity contribution is -0.118. The van der Waals surface area contributed by atoms with Crippen molar-refractivity contribution < 1.29 is 15.0 Å². The summed E-state index contributed by atoms with van der Waals surface area (Å²) in [7, 11) is 0. The Morgan fingerprint density at radius 3 is 2.11 bits per heavy atom. The van der Waals surface area contributed by atoms with E-state index in [-0.39, 0.29) is 24.7 Å². The molecular formula is C15H15NO3. The highest BCUT2D eigenvalue weighted by atomic mass is 16.3. The van der Waals surface area contributed by atoms with E-state index in [1.165, 1.54) is 17.0 Å². The molecule has 0 aromatic heterocycles. The fraction of sp³-hybridized carbons (Fsp3) is 0.133. The van der Waals surface area contributed by atoms with Crippen LogP contribution in [0.15, 0.2) is 54.6 Å². The van der Waals surface area contributed by atoms with Crippen molar-refractivity contribution in [3.63, 3.8) is 0 Å². The molecule has 4 heteroatoms. The van der Waals surface area contributed by atoms with Crippen molar-refractivity contribution in [3.05, 3.63) is 54.6 Å². The number of aromatic hydroxyl groups is 1. The molecule has 19 heavy (non-hydrogen) atoms. The number of carbonyl (C=O) groups is 1. The molecule has 0 aliphatic carbocycles. The molecule has 2 aromatic carbocycles. The predicted octanol–water partition coefficient (Wildman–Crippen LogP) is 2.44. The van der Waals surface area contributed by atoms with Crippen LogP contribution in [0.4, 0.5) is 11.4 Å². The molecule has 0 saturated heterocycles. The third kappa shape index (κ3) is 3.11. The molecule has 0 aliphatic heterocycles. The summed E-state index contributed by atoms with van der Waals surface area (Å²) in [6, 6.07) is 15.6. The van der Waals surface area contributed by atoms with Gasteiger partial charge >= 0.3 is 0 Å². The Morgan fingerprint density at radius 1 is 0.947 bits per heavy atom. The second kappa shape index (κ2) is 6.02. The maximum Gasteiger partial charge on any atom is 0.233 e. The molecule has 0 saturated carbocycles. The van der Waals surface area contributed by atoms with E-state index in [9.17, 15) is 9.90 Å². The fourth-order valence-corrected chi connectivity index (χ4v) is 1.82. The molecule has 0 unspecified atom stereocenters. The van der Waals surface area contributed by atoms with Crippen LogP contribution in [-0.4, -0.2) is 22.7 Å². The Hall–Kier alpha value is -2.33. The lowest BCUT2D eigenvalue weighted by atomic mass is 10.2. The molecule has 1 amide bonds. The molecule has 0 radical (unpaired) electrons. The van der Waals surface area contributed by atoms with Gasteiger partial charge in [-0.25, -0.2) is 0 Å². The van der Waals surface area contributed by atoms with Crippen LogP contribution in [0.5, 0.6) is 5.75 Å². The topological polar surface area (TPSA) is 60.8 Å². The summed E-state index contributed by atoms with van der Waals surface area (Å²) < 4.78 is 0. The highest BCUT2D eigenvalue weighted by Crippen LogP contribution is 2.27. The van der Waals surface area contributed by atoms with E-state index in [2.05, 4.69) is 0 Å². The van der Waals surface area contributed by atoms with Gasteiger partial charge in [0.25, 0.3) is 0 Å². The Balaban J connectivity index is 2.40. The third-order valence-corrected chi connectivity index (χ3v) is 2.70. The number of phenolic OH excluding ortho intramolecular Hbond substituents is 1. The molecule has 0 fully saturated rings. The van der Waals surface area contributed by atoms with E-state index in [1.807, 2.05) is 30.3 Å². The van der Waals surface area contributed by atoms with E-state index in [0.717, 1.165) is 5.69 Å². The summed E-state index contributed by atoms with van der Waals surface area (Å²) in [6.07, 6.45) is 0.0514. The largest absolute Gasteiger partial charge is 0.508 e. The summed E-state index contributed by atoms with van der Waals surface area (Å²) in [4.78, 5) is 13.7. The van der Waals surface area contributed by atoms with Crippen LogP contribution in [0.2, 0.25) is 0 Å². The minimum Gasteiger partial charge on any atom is -0.508 e. The maximum atomic E-state index is 12.1. The number of benzene rings is 2. The third-order valence-electron chi connectivity index (χ3n) is 2.70. The van der Waals surface area contributed by atoms with Gasteiger partial charge in [0.05, 0.1) is 13.0 Å². The van der Waals surface area contributed by atoms with Gasteiger partial charge in [0.2, 0.25) is 5.91 Å². The van der Waals surface area contributed by atoms with Crippen LogP contribution in [-0.2, 0) is 4.79 Å². The number of nitrogens with zero attached hydrogens (tertiary/aromatic N) is 1. The number of aliphatic hydroxyl groups excluding tert-OH is 1. The minimum atomic E-state index is -0.195. The zero-order valence-corrected chi connectivity index (χ0v) is 10.4. The number of phenols is 1. The second-order valence-electron chi connectivity index (χ2n) is 4.05. The van der Waals surface area contributed by atoms with E-state index >= 15 is 0 Å². The van der Waals surface area contributed by atoms with E-state index in [0.29, 0.717) is 5.69 Å². The van der Waals surface area contributed by atoms with Gasteiger partial charge in [-0.3, -0.25) is 9.69 Å². The summed E-state index contributed by atoms with van der Waals surface area (Å²) in [5, 5.41) is 18.2. The first-order valence-electron chi connectivity index (χ1n) is 6.00. The van der Waals surface area contributed by atoms with Gasteiger partial charge in [0.15, 0.2) is 0 Å². The standard InChI is InChI=1S/C15H15NO3/c17-11-10-15(19)16(12-4-2-1-3-5-12)13-6-8-14(18)9-7-13/h1-9,17-18H,10-11H2. The monoisotopic (exact) mass is 257 g/mol. The number of anilines is 2. The normalized spacial score (nSPS) is 10.2. The first-order chi connectivity index (χ1) is 9.22. The van der Waals surface area contributed by atoms with Gasteiger partial charge in [-0.2, -0.15) is 0 Å². The van der Waals surface area contributed by atoms with Crippen LogP contribution in [0.25, 0.3) is 0 Å². The summed E-state index contributed by atoms with van der Waals surface area (Å²) in [5.74, 6) is -0.0502. The van der Waals surface area contributed by atoms with E-state index < -0.39 is 0 Å². The number of carbonyl (C=O) groups excluding carboxylic acids is 1. The lowest BCUT2D eigenvalue weighted by Crippen LogP contribution is -2.26. The Kier molecular flexibility index (Phi) is 4.15. The SMILES string of the molecule is O=C(CCO)N(c1ccccc1)c1ccc(O)cc1. The zero-order chi connectivity index (χ0) is 13.7. The quantitative estimate of drug-likeness (QED) is 0.884. The van der Waals surface area contributed by atoms with Gasteiger partial charge in [-0.1, -0.05) is 18.2 Å². The van der Waals surface area contributed by atoms with Crippen molar-refractivity contribution in [1.29, 1.82) is 0 Å². The van der Waals surface area contributed by atoms with Crippen molar-refractivity contribution in [1.82, 2.24) is 0 Å². The lowest BCUT2D eigenvalue weighted by Gasteiger charge is -2.22. The first kappa shape index (κ1) is 13.1. The van der Waals surface area contributed by atoms with Crippen molar-refractivity contribution in [2.45, 2.75) is 6.42 Å². The number of para-hydroxylation sites is 1. The highest BCUT2D eigenvalue weighted by molar-refractivity contribution is 6.00. The van der Waals surface area contributed by atoms with E-state index in [1.54, 1.807) is 12.1 Å². The predicted molar refractivity (Wildman–Crippen MR) is 73.4 cm³/mol. The Labute approximate surface area is 111 Å². The molecule has 0 aliphatic rings. The smallest absolute Gasteiger partial charge is 0.233 e. The molecule has 0 heterocycles.